The van der Waals surface area contributed by atoms with Crippen molar-refractivity contribution in [3.8, 4) is 10.7 Å². The number of benzene rings is 1. The van der Waals surface area contributed by atoms with Crippen molar-refractivity contribution in [1.29, 1.82) is 0 Å². The molecule has 0 aliphatic rings. The molecule has 140 valence electrons. The maximum atomic E-state index is 12.5. The Morgan fingerprint density at radius 2 is 1.96 bits per heavy atom. The fourth-order valence-electron chi connectivity index (χ4n) is 2.51. The number of carbonyl (C=O) groups excluding carboxylic acids is 2. The fourth-order valence-corrected chi connectivity index (χ4v) is 3.15. The zero-order valence-corrected chi connectivity index (χ0v) is 15.8. The van der Waals surface area contributed by atoms with E-state index in [2.05, 4.69) is 15.4 Å². The molecule has 1 amide bonds. The van der Waals surface area contributed by atoms with Crippen LogP contribution in [0, 0.1) is 0 Å². The van der Waals surface area contributed by atoms with Crippen LogP contribution in [0.5, 0.6) is 0 Å². The van der Waals surface area contributed by atoms with Gasteiger partial charge < -0.3 is 9.64 Å². The van der Waals surface area contributed by atoms with Crippen LogP contribution in [0.15, 0.2) is 47.8 Å². The highest BCUT2D eigenvalue weighted by Gasteiger charge is 2.20. The van der Waals surface area contributed by atoms with Crippen molar-refractivity contribution in [2.45, 2.75) is 26.4 Å². The van der Waals surface area contributed by atoms with E-state index in [0.29, 0.717) is 5.82 Å². The first-order valence-corrected chi connectivity index (χ1v) is 9.27. The number of hydrogen-bond acceptors (Lipinski definition) is 7. The summed E-state index contributed by atoms with van der Waals surface area (Å²) in [5.74, 6) is -0.449. The van der Waals surface area contributed by atoms with Crippen LogP contribution in [-0.2, 0) is 20.9 Å². The Hall–Kier alpha value is -3.07. The second-order valence-corrected chi connectivity index (χ2v) is 6.92. The van der Waals surface area contributed by atoms with Gasteiger partial charge in [0.2, 0.25) is 5.82 Å². The standard InChI is InChI=1S/C18H19N5O3S/c1-13(2)23(14-7-4-3-5-8-14)16(24)12-26-17(25)11-22-20-18(19-21-22)15-9-6-10-27-15/h3-10,13H,11-12H2,1-2H3. The van der Waals surface area contributed by atoms with E-state index in [9.17, 15) is 9.59 Å². The molecule has 3 rings (SSSR count). The topological polar surface area (TPSA) is 90.2 Å². The van der Waals surface area contributed by atoms with Gasteiger partial charge in [-0.3, -0.25) is 4.79 Å². The minimum absolute atomic E-state index is 0.0658. The highest BCUT2D eigenvalue weighted by Crippen LogP contribution is 2.19. The van der Waals surface area contributed by atoms with E-state index in [1.807, 2.05) is 61.7 Å². The van der Waals surface area contributed by atoms with Gasteiger partial charge >= 0.3 is 5.97 Å². The van der Waals surface area contributed by atoms with Gasteiger partial charge in [-0.15, -0.1) is 21.5 Å². The Morgan fingerprint density at radius 1 is 1.19 bits per heavy atom. The van der Waals surface area contributed by atoms with Crippen LogP contribution < -0.4 is 4.90 Å². The van der Waals surface area contributed by atoms with Crippen LogP contribution in [0.25, 0.3) is 10.7 Å². The maximum absolute atomic E-state index is 12.5. The van der Waals surface area contributed by atoms with Gasteiger partial charge in [0.05, 0.1) is 4.88 Å². The summed E-state index contributed by atoms with van der Waals surface area (Å²) < 4.78 is 5.10. The molecular weight excluding hydrogens is 366 g/mol. The molecule has 0 bridgehead atoms. The van der Waals surface area contributed by atoms with E-state index >= 15 is 0 Å². The summed E-state index contributed by atoms with van der Waals surface area (Å²) in [5.41, 5.74) is 0.757. The van der Waals surface area contributed by atoms with E-state index in [-0.39, 0.29) is 25.1 Å². The third-order valence-electron chi connectivity index (χ3n) is 3.64. The van der Waals surface area contributed by atoms with Gasteiger partial charge in [-0.1, -0.05) is 24.3 Å². The number of thiophene rings is 1. The van der Waals surface area contributed by atoms with Gasteiger partial charge in [-0.2, -0.15) is 4.80 Å². The number of nitrogens with zero attached hydrogens (tertiary/aromatic N) is 5. The van der Waals surface area contributed by atoms with Crippen molar-refractivity contribution in [3.05, 3.63) is 47.8 Å². The second kappa shape index (κ2) is 8.54. The number of para-hydroxylation sites is 1. The van der Waals surface area contributed by atoms with Crippen molar-refractivity contribution >= 4 is 28.9 Å². The lowest BCUT2D eigenvalue weighted by molar-refractivity contribution is -0.149. The maximum Gasteiger partial charge on any atom is 0.330 e. The lowest BCUT2D eigenvalue weighted by atomic mass is 10.2. The first kappa shape index (κ1) is 18.7. The molecule has 3 aromatic rings. The molecule has 0 saturated carbocycles. The predicted octanol–water partition coefficient (Wildman–Crippen LogP) is 2.39. The molecule has 8 nitrogen and oxygen atoms in total. The summed E-state index contributed by atoms with van der Waals surface area (Å²) in [5, 5.41) is 13.8. The Bertz CT molecular complexity index is 893. The number of aromatic nitrogens is 4. The Balaban J connectivity index is 1.56. The van der Waals surface area contributed by atoms with Crippen LogP contribution in [0.4, 0.5) is 5.69 Å². The van der Waals surface area contributed by atoms with Crippen LogP contribution in [-0.4, -0.2) is 44.7 Å². The molecule has 0 spiro atoms. The van der Waals surface area contributed by atoms with Crippen LogP contribution in [0.3, 0.4) is 0 Å². The number of esters is 1. The molecule has 0 saturated heterocycles. The van der Waals surface area contributed by atoms with E-state index in [1.165, 1.54) is 11.3 Å². The van der Waals surface area contributed by atoms with E-state index < -0.39 is 5.97 Å². The van der Waals surface area contributed by atoms with Crippen LogP contribution in [0.1, 0.15) is 13.8 Å². The smallest absolute Gasteiger partial charge is 0.330 e. The molecule has 0 N–H and O–H groups in total. The highest BCUT2D eigenvalue weighted by atomic mass is 32.1. The zero-order chi connectivity index (χ0) is 19.2. The van der Waals surface area contributed by atoms with Gasteiger partial charge in [0.1, 0.15) is 0 Å². The summed E-state index contributed by atoms with van der Waals surface area (Å²) in [6, 6.07) is 12.9. The molecule has 27 heavy (non-hydrogen) atoms. The van der Waals surface area contributed by atoms with Crippen molar-refractivity contribution < 1.29 is 14.3 Å². The summed E-state index contributed by atoms with van der Waals surface area (Å²) in [7, 11) is 0. The number of tetrazole rings is 1. The summed E-state index contributed by atoms with van der Waals surface area (Å²) in [4.78, 5) is 28.1. The molecule has 0 atom stereocenters. The molecule has 2 aromatic heterocycles. The molecule has 0 unspecified atom stereocenters. The van der Waals surface area contributed by atoms with Crippen molar-refractivity contribution in [2.75, 3.05) is 11.5 Å². The molecule has 1 aromatic carbocycles. The fraction of sp³-hybridized carbons (Fsp3) is 0.278. The first-order valence-electron chi connectivity index (χ1n) is 8.39. The summed E-state index contributed by atoms with van der Waals surface area (Å²) >= 11 is 1.48. The van der Waals surface area contributed by atoms with Crippen LogP contribution >= 0.6 is 11.3 Å². The molecule has 2 heterocycles. The monoisotopic (exact) mass is 385 g/mol. The van der Waals surface area contributed by atoms with Gasteiger partial charge in [0.25, 0.3) is 5.91 Å². The number of anilines is 1. The molecule has 0 radical (unpaired) electrons. The molecule has 0 aliphatic carbocycles. The molecular formula is C18H19N5O3S. The SMILES string of the molecule is CC(C)N(C(=O)COC(=O)Cn1nnc(-c2cccs2)n1)c1ccccc1. The molecule has 9 heteroatoms. The number of hydrogen-bond donors (Lipinski definition) is 0. The lowest BCUT2D eigenvalue weighted by Gasteiger charge is -2.26. The minimum atomic E-state index is -0.602. The van der Waals surface area contributed by atoms with E-state index in [4.69, 9.17) is 4.74 Å². The number of rotatable bonds is 7. The third-order valence-corrected chi connectivity index (χ3v) is 4.51. The first-order chi connectivity index (χ1) is 13.0. The van der Waals surface area contributed by atoms with E-state index in [1.54, 1.807) is 4.90 Å². The Morgan fingerprint density at radius 3 is 2.63 bits per heavy atom. The number of amides is 1. The van der Waals surface area contributed by atoms with E-state index in [0.717, 1.165) is 15.4 Å². The number of carbonyl (C=O) groups is 2. The average molecular weight is 385 g/mol. The Labute approximate surface area is 160 Å². The largest absolute Gasteiger partial charge is 0.454 e. The number of ether oxygens (including phenoxy) is 1. The predicted molar refractivity (Wildman–Crippen MR) is 101 cm³/mol. The highest BCUT2D eigenvalue weighted by molar-refractivity contribution is 7.13. The van der Waals surface area contributed by atoms with Gasteiger partial charge in [0.15, 0.2) is 13.2 Å². The van der Waals surface area contributed by atoms with Crippen molar-refractivity contribution in [2.24, 2.45) is 0 Å². The van der Waals surface area contributed by atoms with Crippen molar-refractivity contribution in [1.82, 2.24) is 20.2 Å². The van der Waals surface area contributed by atoms with Gasteiger partial charge in [0, 0.05) is 11.7 Å². The average Bonchev–Trinajstić information content (AvgIpc) is 3.32. The quantitative estimate of drug-likeness (QED) is 0.580. The minimum Gasteiger partial charge on any atom is -0.454 e. The van der Waals surface area contributed by atoms with Crippen LogP contribution in [0.2, 0.25) is 0 Å². The molecule has 0 fully saturated rings. The Kier molecular flexibility index (Phi) is 5.92. The normalized spacial score (nSPS) is 10.8. The summed E-state index contributed by atoms with van der Waals surface area (Å²) in [6.45, 7) is 3.24. The van der Waals surface area contributed by atoms with Crippen molar-refractivity contribution in [3.63, 3.8) is 0 Å². The molecule has 0 aliphatic heterocycles. The zero-order valence-electron chi connectivity index (χ0n) is 15.0. The van der Waals surface area contributed by atoms with Gasteiger partial charge in [-0.25, -0.2) is 4.79 Å². The summed E-state index contributed by atoms with van der Waals surface area (Å²) in [6.07, 6.45) is 0. The second-order valence-electron chi connectivity index (χ2n) is 5.97. The third kappa shape index (κ3) is 4.76. The van der Waals surface area contributed by atoms with Gasteiger partial charge in [-0.05, 0) is 42.6 Å². The lowest BCUT2D eigenvalue weighted by Crippen LogP contribution is -2.40.